The zero-order chi connectivity index (χ0) is 81.5. The molecule has 5 N–H and O–H groups in total. The van der Waals surface area contributed by atoms with Gasteiger partial charge in [0.1, 0.15) is 12.2 Å². The highest BCUT2D eigenvalue weighted by Crippen LogP contribution is 2.50. The Labute approximate surface area is 693 Å². The van der Waals surface area contributed by atoms with E-state index in [9.17, 15) is 43.5 Å². The van der Waals surface area contributed by atoms with Gasteiger partial charge in [0.15, 0.2) is 0 Å². The topological polar surface area (TPSA) is 277 Å². The quantitative estimate of drug-likeness (QED) is 0.0215. The van der Waals surface area contributed by atoms with Crippen LogP contribution >= 0.6 is 53.8 Å². The highest BCUT2D eigenvalue weighted by Gasteiger charge is 2.41. The van der Waals surface area contributed by atoms with Crippen LogP contribution < -0.4 is 5.32 Å². The monoisotopic (exact) mass is 1710 g/mol. The van der Waals surface area contributed by atoms with Gasteiger partial charge in [-0.25, -0.2) is 0 Å². The summed E-state index contributed by atoms with van der Waals surface area (Å²) < 4.78 is 57.6. The molecule has 113 heavy (non-hydrogen) atoms. The van der Waals surface area contributed by atoms with Gasteiger partial charge in [-0.05, 0) is 107 Å². The maximum Gasteiger partial charge on any atom is 0.248 e. The van der Waals surface area contributed by atoms with E-state index in [0.29, 0.717) is 78.4 Å². The van der Waals surface area contributed by atoms with Crippen LogP contribution in [0.2, 0.25) is 0 Å². The molecule has 0 aromatic carbocycles. The zero-order valence-corrected chi connectivity index (χ0v) is 75.7. The molecule has 10 atom stereocenters. The van der Waals surface area contributed by atoms with Gasteiger partial charge in [-0.15, -0.1) is 11.8 Å². The predicted molar refractivity (Wildman–Crippen MR) is 472 cm³/mol. The summed E-state index contributed by atoms with van der Waals surface area (Å²) in [7, 11) is -11.7. The van der Waals surface area contributed by atoms with Crippen molar-refractivity contribution in [3.63, 3.8) is 0 Å². The van der Waals surface area contributed by atoms with E-state index in [0.717, 1.165) is 115 Å². The smallest absolute Gasteiger partial charge is 0.248 e. The van der Waals surface area contributed by atoms with Crippen molar-refractivity contribution < 1.29 is 89.2 Å². The van der Waals surface area contributed by atoms with E-state index < -0.39 is 54.7 Å². The van der Waals surface area contributed by atoms with Crippen molar-refractivity contribution in [2.75, 3.05) is 85.0 Å². The van der Waals surface area contributed by atoms with Gasteiger partial charge in [-0.1, -0.05) is 263 Å². The molecule has 0 bridgehead atoms. The number of rotatable bonds is 75. The Balaban J connectivity index is 0.662. The predicted octanol–water partition coefficient (Wildman–Crippen LogP) is 20.4. The van der Waals surface area contributed by atoms with Crippen LogP contribution in [0.25, 0.3) is 0 Å². The van der Waals surface area contributed by atoms with Crippen molar-refractivity contribution in [1.29, 1.82) is 0 Å². The van der Waals surface area contributed by atoms with Gasteiger partial charge in [-0.3, -0.25) is 33.8 Å². The minimum absolute atomic E-state index is 0.0138. The van der Waals surface area contributed by atoms with Gasteiger partial charge in [0, 0.05) is 65.0 Å². The molecule has 28 heteroatoms. The molecule has 4 heterocycles. The molecule has 5 amide bonds. The molecular formula is C85H159N3O19P4S2. The Bertz CT molecular complexity index is 2760. The fourth-order valence-corrected chi connectivity index (χ4v) is 21.7. The Kier molecular flexibility index (Phi) is 56.5. The summed E-state index contributed by atoms with van der Waals surface area (Å²) in [4.78, 5) is 107. The highest BCUT2D eigenvalue weighted by molar-refractivity contribution is 8.00. The molecule has 5 rings (SSSR count). The fraction of sp³-hybridized carbons (Fsp3) is 0.894. The van der Waals surface area contributed by atoms with Crippen LogP contribution in [-0.4, -0.2) is 204 Å². The highest BCUT2D eigenvalue weighted by atomic mass is 32.2. The van der Waals surface area contributed by atoms with Gasteiger partial charge >= 0.3 is 0 Å². The average Bonchev–Trinajstić information content (AvgIpc) is 1.56. The van der Waals surface area contributed by atoms with Crippen molar-refractivity contribution in [2.24, 2.45) is 11.8 Å². The number of carbonyl (C=O) groups is 5. The largest absolute Gasteiger partial charge is 0.373 e. The van der Waals surface area contributed by atoms with Gasteiger partial charge < -0.3 is 70.6 Å². The molecule has 0 spiro atoms. The molecule has 1 aliphatic carbocycles. The number of likely N-dealkylation sites (tertiary alicyclic amines) is 2. The van der Waals surface area contributed by atoms with Crippen molar-refractivity contribution in [3.05, 3.63) is 0 Å². The number of unbranched alkanes of at least 4 members (excludes halogenated alkanes) is 44. The number of thioether (sulfide) groups is 2. The summed E-state index contributed by atoms with van der Waals surface area (Å²) in [6.07, 6.45) is 78.4. The minimum Gasteiger partial charge on any atom is -0.373 e. The number of hydrogen-bond acceptors (Lipinski definition) is 21. The maximum absolute atomic E-state index is 12.8. The van der Waals surface area contributed by atoms with Crippen LogP contribution in [0.3, 0.4) is 0 Å². The Morgan fingerprint density at radius 2 is 0.735 bits per heavy atom. The minimum atomic E-state index is -3.34. The molecule has 660 valence electrons. The molecular weight excluding hydrogens is 1550 g/mol. The molecule has 0 aromatic rings. The van der Waals surface area contributed by atoms with Crippen LogP contribution in [-0.2, 0) is 69.6 Å². The lowest BCUT2D eigenvalue weighted by Gasteiger charge is -2.30. The molecule has 5 aliphatic rings. The lowest BCUT2D eigenvalue weighted by atomic mass is 9.81. The van der Waals surface area contributed by atoms with Gasteiger partial charge in [0.2, 0.25) is 59.8 Å². The summed E-state index contributed by atoms with van der Waals surface area (Å²) in [5.74, 6) is 0.787. The third kappa shape index (κ3) is 48.5. The van der Waals surface area contributed by atoms with Crippen molar-refractivity contribution >= 4 is 109 Å². The second-order valence-electron chi connectivity index (χ2n) is 32.9. The molecule has 22 nitrogen and oxygen atoms in total. The van der Waals surface area contributed by atoms with E-state index in [4.69, 9.17) is 45.7 Å². The standard InChI is InChI=1S/C85H159N3O19P4S2/c1-87-81(89)69-80(84(87)92)113-67-53-47-46-52-64-103-111(5,97)107-76-59-66-98-77(76)71-104-108(2,94)100-61-49-43-40-38-36-34-32-30-28-26-24-22-20-18-16-14-12-10-8-7-9-11-13-15-17-19-21-23-25-27-29-31-33-35-37-39-41-44-50-63-102-110(4,96)106-75-58-65-99-78(75)72-105-109(3,95)101-62-51-45-42-48-60-86-83(91)74-56-54-73(55-57-74)70-88-82(90)68-79(112-6)85(88)93/h73-80,94-97H,2-5,7-72H2,1,6H3,(H,86,91). The number of hydrogen-bond donors (Lipinski definition) is 5. The van der Waals surface area contributed by atoms with E-state index >= 15 is 0 Å². The summed E-state index contributed by atoms with van der Waals surface area (Å²) in [6, 6.07) is 0. The number of nitrogens with one attached hydrogen (secondary N) is 1. The number of nitrogens with zero attached hydrogens (tertiary/aromatic N) is 2. The number of imide groups is 2. The second kappa shape index (κ2) is 62.2. The molecule has 5 fully saturated rings. The van der Waals surface area contributed by atoms with E-state index in [-0.39, 0.29) is 71.5 Å². The Morgan fingerprint density at radius 1 is 0.416 bits per heavy atom. The first-order valence-corrected chi connectivity index (χ1v) is 54.3. The third-order valence-electron chi connectivity index (χ3n) is 23.0. The first kappa shape index (κ1) is 103. The second-order valence-corrected chi connectivity index (χ2v) is 42.3. The average molecular weight is 1720 g/mol. The molecule has 1 saturated carbocycles. The summed E-state index contributed by atoms with van der Waals surface area (Å²) >= 11 is 2.98. The number of amides is 5. The molecule has 0 radical (unpaired) electrons. The lowest BCUT2D eigenvalue weighted by molar-refractivity contribution is -0.140. The Hall–Kier alpha value is -0.910. The van der Waals surface area contributed by atoms with Crippen molar-refractivity contribution in [3.8, 4) is 0 Å². The van der Waals surface area contributed by atoms with Crippen LogP contribution in [0.4, 0.5) is 0 Å². The van der Waals surface area contributed by atoms with Crippen LogP contribution in [0.1, 0.15) is 353 Å². The van der Waals surface area contributed by atoms with E-state index in [1.54, 1.807) is 18.8 Å². The molecule has 10 unspecified atom stereocenters. The van der Waals surface area contributed by atoms with Crippen LogP contribution in [0.5, 0.6) is 0 Å². The summed E-state index contributed by atoms with van der Waals surface area (Å²) in [5, 5.41) is 2.57. The normalized spacial score (nSPS) is 23.1. The summed E-state index contributed by atoms with van der Waals surface area (Å²) in [6.45, 7) is 3.41. The van der Waals surface area contributed by atoms with Crippen molar-refractivity contribution in [1.82, 2.24) is 15.1 Å². The van der Waals surface area contributed by atoms with Gasteiger partial charge in [0.05, 0.1) is 62.3 Å². The van der Waals surface area contributed by atoms with Gasteiger partial charge in [-0.2, -0.15) is 11.8 Å². The molecule has 0 aromatic heterocycles. The van der Waals surface area contributed by atoms with E-state index in [1.807, 2.05) is 6.26 Å². The number of carbonyl (C=O) groups excluding carboxylic acids is 5. The molecule has 4 aliphatic heterocycles. The van der Waals surface area contributed by atoms with Crippen LogP contribution in [0, 0.1) is 11.8 Å². The van der Waals surface area contributed by atoms with E-state index in [2.05, 4.69) is 30.5 Å². The first-order chi connectivity index (χ1) is 54.6. The summed E-state index contributed by atoms with van der Waals surface area (Å²) in [5.41, 5.74) is 0. The van der Waals surface area contributed by atoms with Crippen LogP contribution in [0.15, 0.2) is 0 Å². The SMILES string of the molecule is C=P(O)(OCCCCCCNC(=O)C1CCC(CN2C(=O)CC(SC)C2=O)CC1)OCC1OCCC1OP(=C)(O)OCCCCCCCCCCCCCCCCCCCCCCCCCCCCCCCCCCCCCCCCCOP(=C)(O)OCC1OCCC1OP(=C)(O)OCCCCCCSC1CC(=O)N(C)C1=O. The van der Waals surface area contributed by atoms with Gasteiger partial charge in [0.25, 0.3) is 0 Å². The molecule has 4 saturated heterocycles. The lowest BCUT2D eigenvalue weighted by Crippen LogP contribution is -2.39. The van der Waals surface area contributed by atoms with E-state index in [1.165, 1.54) is 233 Å². The number of ether oxygens (including phenoxy) is 2. The first-order valence-electron chi connectivity index (χ1n) is 45.0. The third-order valence-corrected chi connectivity index (χ3v) is 29.8. The maximum atomic E-state index is 12.8. The fourth-order valence-electron chi connectivity index (χ4n) is 15.8. The zero-order valence-electron chi connectivity index (χ0n) is 70.5. The van der Waals surface area contributed by atoms with Crippen molar-refractivity contribution in [2.45, 2.75) is 388 Å². The Morgan fingerprint density at radius 3 is 1.06 bits per heavy atom.